The van der Waals surface area contributed by atoms with Crippen LogP contribution in [0.4, 0.5) is 13.2 Å². The van der Waals surface area contributed by atoms with E-state index in [9.17, 15) is 21.6 Å². The predicted molar refractivity (Wildman–Crippen MR) is 94.5 cm³/mol. The molecule has 2 N–H and O–H groups in total. The summed E-state index contributed by atoms with van der Waals surface area (Å²) in [5.41, 5.74) is 2.96. The van der Waals surface area contributed by atoms with E-state index >= 15 is 0 Å². The van der Waals surface area contributed by atoms with Crippen molar-refractivity contribution in [2.75, 3.05) is 0 Å². The van der Waals surface area contributed by atoms with E-state index in [0.29, 0.717) is 5.92 Å². The van der Waals surface area contributed by atoms with Crippen LogP contribution >= 0.6 is 0 Å². The van der Waals surface area contributed by atoms with Crippen LogP contribution in [0.2, 0.25) is 0 Å². The molecule has 0 aliphatic heterocycles. The Morgan fingerprint density at radius 3 is 1.69 bits per heavy atom. The summed E-state index contributed by atoms with van der Waals surface area (Å²) in [5, 5.41) is 5.12. The van der Waals surface area contributed by atoms with Crippen molar-refractivity contribution in [2.24, 2.45) is 11.1 Å². The molecule has 2 aromatic rings. The normalized spacial score (nSPS) is 18.4. The van der Waals surface area contributed by atoms with E-state index in [0.717, 1.165) is 47.2 Å². The summed E-state index contributed by atoms with van der Waals surface area (Å²) in [6, 6.07) is 11.5. The third-order valence-corrected chi connectivity index (χ3v) is 5.49. The van der Waals surface area contributed by atoms with Crippen molar-refractivity contribution in [3.8, 4) is 0 Å². The fourth-order valence-electron chi connectivity index (χ4n) is 3.31. The fourth-order valence-corrected chi connectivity index (χ4v) is 3.82. The molecule has 138 valence electrons. The van der Waals surface area contributed by atoms with Gasteiger partial charge in [-0.15, -0.1) is 0 Å². The van der Waals surface area contributed by atoms with Gasteiger partial charge in [0, 0.05) is 0 Å². The zero-order chi connectivity index (χ0) is 19.1. The van der Waals surface area contributed by atoms with Crippen molar-refractivity contribution in [1.29, 1.82) is 0 Å². The Balaban J connectivity index is 2.00. The molecule has 3 rings (SSSR count). The van der Waals surface area contributed by atoms with E-state index in [1.807, 2.05) is 0 Å². The lowest BCUT2D eigenvalue weighted by Gasteiger charge is -2.11. The summed E-state index contributed by atoms with van der Waals surface area (Å²) in [6.07, 6.45) is -2.81. The second-order valence-electron chi connectivity index (χ2n) is 6.62. The molecule has 0 spiro atoms. The number of rotatable bonds is 3. The van der Waals surface area contributed by atoms with E-state index < -0.39 is 21.8 Å². The number of benzene rings is 2. The largest absolute Gasteiger partial charge is 0.416 e. The van der Waals surface area contributed by atoms with Crippen LogP contribution in [0.5, 0.6) is 0 Å². The molecule has 0 aromatic heterocycles. The average Bonchev–Trinajstić information content (AvgIpc) is 2.95. The minimum absolute atomic E-state index is 0.0315. The molecular formula is C19H18F3NO2S. The van der Waals surface area contributed by atoms with Crippen molar-refractivity contribution in [3.05, 3.63) is 65.2 Å². The number of alkyl halides is 3. The Kier molecular flexibility index (Phi) is 4.71. The highest BCUT2D eigenvalue weighted by molar-refractivity contribution is 7.89. The SMILES string of the molecule is CC1CC(c2ccc(C(F)(F)F)cc2)=C(c2ccc(S(N)(=O)=O)cc2)C1. The number of primary sulfonamides is 1. The van der Waals surface area contributed by atoms with Gasteiger partial charge in [0.15, 0.2) is 0 Å². The van der Waals surface area contributed by atoms with Crippen molar-refractivity contribution < 1.29 is 21.6 Å². The molecule has 1 aliphatic rings. The molecule has 1 unspecified atom stereocenters. The quantitative estimate of drug-likeness (QED) is 0.838. The molecule has 1 aliphatic carbocycles. The Morgan fingerprint density at radius 1 is 0.885 bits per heavy atom. The van der Waals surface area contributed by atoms with Crippen LogP contribution in [0.25, 0.3) is 11.1 Å². The van der Waals surface area contributed by atoms with Gasteiger partial charge in [-0.05, 0) is 65.3 Å². The molecule has 0 saturated heterocycles. The highest BCUT2D eigenvalue weighted by atomic mass is 32.2. The van der Waals surface area contributed by atoms with Crippen LogP contribution in [0.3, 0.4) is 0 Å². The lowest BCUT2D eigenvalue weighted by molar-refractivity contribution is -0.137. The molecule has 0 heterocycles. The summed E-state index contributed by atoms with van der Waals surface area (Å²) < 4.78 is 61.1. The highest BCUT2D eigenvalue weighted by Crippen LogP contribution is 2.43. The molecule has 0 radical (unpaired) electrons. The van der Waals surface area contributed by atoms with Crippen LogP contribution in [-0.4, -0.2) is 8.42 Å². The van der Waals surface area contributed by atoms with Gasteiger partial charge in [-0.1, -0.05) is 31.2 Å². The summed E-state index contributed by atoms with van der Waals surface area (Å²) in [6.45, 7) is 2.08. The van der Waals surface area contributed by atoms with E-state index in [1.165, 1.54) is 24.3 Å². The Bertz CT molecular complexity index is 944. The maximum absolute atomic E-state index is 12.8. The maximum atomic E-state index is 12.8. The van der Waals surface area contributed by atoms with Gasteiger partial charge in [0.05, 0.1) is 10.5 Å². The molecule has 2 aromatic carbocycles. The second kappa shape index (κ2) is 6.55. The van der Waals surface area contributed by atoms with Crippen molar-refractivity contribution >= 4 is 21.2 Å². The summed E-state index contributed by atoms with van der Waals surface area (Å²) in [7, 11) is -3.76. The van der Waals surface area contributed by atoms with Crippen LogP contribution in [0.1, 0.15) is 36.5 Å². The Labute approximate surface area is 150 Å². The minimum Gasteiger partial charge on any atom is -0.225 e. The van der Waals surface area contributed by atoms with Crippen LogP contribution < -0.4 is 5.14 Å². The number of halogens is 3. The van der Waals surface area contributed by atoms with Crippen LogP contribution in [0.15, 0.2) is 53.4 Å². The van der Waals surface area contributed by atoms with Gasteiger partial charge >= 0.3 is 6.18 Å². The van der Waals surface area contributed by atoms with Gasteiger partial charge in [-0.25, -0.2) is 13.6 Å². The van der Waals surface area contributed by atoms with Crippen LogP contribution in [-0.2, 0) is 16.2 Å². The van der Waals surface area contributed by atoms with Gasteiger partial charge in [-0.3, -0.25) is 0 Å². The molecule has 1 atom stereocenters. The van der Waals surface area contributed by atoms with Crippen molar-refractivity contribution in [2.45, 2.75) is 30.8 Å². The zero-order valence-electron chi connectivity index (χ0n) is 14.0. The molecule has 0 bridgehead atoms. The first-order chi connectivity index (χ1) is 12.1. The Hall–Kier alpha value is -2.12. The van der Waals surface area contributed by atoms with Crippen molar-refractivity contribution in [3.63, 3.8) is 0 Å². The maximum Gasteiger partial charge on any atom is 0.416 e. The number of allylic oxidation sites excluding steroid dienone is 2. The van der Waals surface area contributed by atoms with Gasteiger partial charge in [-0.2, -0.15) is 13.2 Å². The molecule has 0 saturated carbocycles. The average molecular weight is 381 g/mol. The first-order valence-electron chi connectivity index (χ1n) is 8.08. The third-order valence-electron chi connectivity index (χ3n) is 4.56. The molecule has 7 heteroatoms. The standard InChI is InChI=1S/C19H18F3NO2S/c1-12-10-17(13-2-6-15(7-3-13)19(20,21)22)18(11-12)14-4-8-16(9-5-14)26(23,24)25/h2-9,12H,10-11H2,1H3,(H2,23,24,25). The van der Waals surface area contributed by atoms with Gasteiger partial charge < -0.3 is 0 Å². The minimum atomic E-state index is -4.36. The topological polar surface area (TPSA) is 60.2 Å². The van der Waals surface area contributed by atoms with E-state index in [4.69, 9.17) is 5.14 Å². The fraction of sp³-hybridized carbons (Fsp3) is 0.263. The van der Waals surface area contributed by atoms with Gasteiger partial charge in [0.25, 0.3) is 0 Å². The lowest BCUT2D eigenvalue weighted by Crippen LogP contribution is -2.11. The second-order valence-corrected chi connectivity index (χ2v) is 8.18. The Morgan fingerprint density at radius 2 is 1.31 bits per heavy atom. The molecule has 0 amide bonds. The van der Waals surface area contributed by atoms with E-state index in [1.54, 1.807) is 12.1 Å². The molecular weight excluding hydrogens is 363 g/mol. The molecule has 3 nitrogen and oxygen atoms in total. The number of sulfonamides is 1. The van der Waals surface area contributed by atoms with Gasteiger partial charge in [0.2, 0.25) is 10.0 Å². The lowest BCUT2D eigenvalue weighted by atomic mass is 9.96. The highest BCUT2D eigenvalue weighted by Gasteiger charge is 2.30. The summed E-state index contributed by atoms with van der Waals surface area (Å²) in [4.78, 5) is 0.0315. The smallest absolute Gasteiger partial charge is 0.225 e. The van der Waals surface area contributed by atoms with Crippen LogP contribution in [0, 0.1) is 5.92 Å². The first kappa shape index (κ1) is 18.7. The van der Waals surface area contributed by atoms with Crippen molar-refractivity contribution in [1.82, 2.24) is 0 Å². The summed E-state index contributed by atoms with van der Waals surface area (Å²) >= 11 is 0. The van der Waals surface area contributed by atoms with Gasteiger partial charge in [0.1, 0.15) is 0 Å². The number of hydrogen-bond donors (Lipinski definition) is 1. The molecule has 0 fully saturated rings. The van der Waals surface area contributed by atoms with E-state index in [2.05, 4.69) is 6.92 Å². The summed E-state index contributed by atoms with van der Waals surface area (Å²) in [5.74, 6) is 0.361. The number of nitrogens with two attached hydrogens (primary N) is 1. The zero-order valence-corrected chi connectivity index (χ0v) is 14.9. The number of hydrogen-bond acceptors (Lipinski definition) is 2. The predicted octanol–water partition coefficient (Wildman–Crippen LogP) is 4.69. The first-order valence-corrected chi connectivity index (χ1v) is 9.63. The molecule has 26 heavy (non-hydrogen) atoms. The third kappa shape index (κ3) is 3.83. The monoisotopic (exact) mass is 381 g/mol. The van der Waals surface area contributed by atoms with E-state index in [-0.39, 0.29) is 4.90 Å².